The summed E-state index contributed by atoms with van der Waals surface area (Å²) in [6.07, 6.45) is -0.893. The Kier molecular flexibility index (Phi) is 3.67. The number of aryl methyl sites for hydroxylation is 1. The van der Waals surface area contributed by atoms with Crippen LogP contribution in [-0.2, 0) is 0 Å². The highest BCUT2D eigenvalue weighted by atomic mass is 16.5. The number of aliphatic hydroxyl groups excluding tert-OH is 2. The molecule has 1 aromatic heterocycles. The van der Waals surface area contributed by atoms with E-state index in [9.17, 15) is 0 Å². The molecule has 14 heavy (non-hydrogen) atoms. The minimum atomic E-state index is -0.893. The molecular formula is C9H14N2O3. The van der Waals surface area contributed by atoms with Crippen LogP contribution in [0.15, 0.2) is 12.1 Å². The van der Waals surface area contributed by atoms with Gasteiger partial charge < -0.3 is 20.7 Å². The summed E-state index contributed by atoms with van der Waals surface area (Å²) in [4.78, 5) is 3.99. The lowest BCUT2D eigenvalue weighted by atomic mass is 10.3. The first kappa shape index (κ1) is 10.7. The Balaban J connectivity index is 2.59. The molecule has 4 N–H and O–H groups in total. The highest BCUT2D eigenvalue weighted by Crippen LogP contribution is 2.18. The van der Waals surface area contributed by atoms with E-state index in [2.05, 4.69) is 4.98 Å². The van der Waals surface area contributed by atoms with Crippen LogP contribution >= 0.6 is 0 Å². The van der Waals surface area contributed by atoms with Gasteiger partial charge >= 0.3 is 0 Å². The fraction of sp³-hybridized carbons (Fsp3) is 0.444. The molecule has 0 radical (unpaired) electrons. The molecule has 0 spiro atoms. The third-order valence-corrected chi connectivity index (χ3v) is 1.67. The van der Waals surface area contributed by atoms with Crippen molar-refractivity contribution in [3.63, 3.8) is 0 Å². The van der Waals surface area contributed by atoms with Crippen LogP contribution in [0.4, 0.5) is 5.82 Å². The molecule has 0 bridgehead atoms. The molecule has 1 unspecified atom stereocenters. The lowest BCUT2D eigenvalue weighted by Crippen LogP contribution is -2.21. The summed E-state index contributed by atoms with van der Waals surface area (Å²) in [6.45, 7) is 1.49. The molecule has 0 aliphatic heterocycles. The number of hydrogen-bond donors (Lipinski definition) is 3. The minimum Gasteiger partial charge on any atom is -0.487 e. The number of rotatable bonds is 4. The molecule has 5 heteroatoms. The zero-order valence-corrected chi connectivity index (χ0v) is 7.97. The van der Waals surface area contributed by atoms with Crippen molar-refractivity contribution in [2.24, 2.45) is 0 Å². The Bertz CT molecular complexity index is 304. The molecule has 1 atom stereocenters. The number of nitrogens with two attached hydrogens (primary N) is 1. The molecule has 0 fully saturated rings. The molecule has 1 heterocycles. The first-order valence-corrected chi connectivity index (χ1v) is 4.28. The predicted molar refractivity (Wildman–Crippen MR) is 52.0 cm³/mol. The van der Waals surface area contributed by atoms with E-state index in [0.29, 0.717) is 5.75 Å². The van der Waals surface area contributed by atoms with Gasteiger partial charge in [-0.3, -0.25) is 0 Å². The van der Waals surface area contributed by atoms with E-state index in [1.165, 1.54) is 0 Å². The van der Waals surface area contributed by atoms with E-state index in [-0.39, 0.29) is 19.0 Å². The molecule has 0 aromatic carbocycles. The largest absolute Gasteiger partial charge is 0.487 e. The summed E-state index contributed by atoms with van der Waals surface area (Å²) >= 11 is 0. The molecular weight excluding hydrogens is 184 g/mol. The molecule has 0 saturated carbocycles. The third-order valence-electron chi connectivity index (χ3n) is 1.67. The maximum Gasteiger partial charge on any atom is 0.166 e. The van der Waals surface area contributed by atoms with Crippen LogP contribution in [0, 0.1) is 6.92 Å². The number of nitrogen functional groups attached to an aromatic ring is 1. The maximum atomic E-state index is 9.03. The quantitative estimate of drug-likeness (QED) is 0.618. The smallest absolute Gasteiger partial charge is 0.166 e. The van der Waals surface area contributed by atoms with E-state index in [4.69, 9.17) is 20.7 Å². The highest BCUT2D eigenvalue weighted by molar-refractivity contribution is 5.46. The number of anilines is 1. The van der Waals surface area contributed by atoms with Gasteiger partial charge in [-0.25, -0.2) is 4.98 Å². The molecule has 0 aliphatic carbocycles. The molecule has 0 amide bonds. The van der Waals surface area contributed by atoms with E-state index < -0.39 is 6.10 Å². The zero-order valence-electron chi connectivity index (χ0n) is 7.97. The minimum absolute atomic E-state index is 0.00540. The van der Waals surface area contributed by atoms with Crippen LogP contribution in [0.25, 0.3) is 0 Å². The van der Waals surface area contributed by atoms with Gasteiger partial charge in [-0.05, 0) is 19.1 Å². The average Bonchev–Trinajstić information content (AvgIpc) is 2.16. The first-order valence-electron chi connectivity index (χ1n) is 4.28. The Hall–Kier alpha value is -1.33. The van der Waals surface area contributed by atoms with Crippen molar-refractivity contribution in [1.29, 1.82) is 0 Å². The molecule has 1 aromatic rings. The Morgan fingerprint density at radius 1 is 1.57 bits per heavy atom. The monoisotopic (exact) mass is 198 g/mol. The van der Waals surface area contributed by atoms with Crippen molar-refractivity contribution in [3.8, 4) is 5.75 Å². The summed E-state index contributed by atoms with van der Waals surface area (Å²) < 4.78 is 5.15. The maximum absolute atomic E-state index is 9.03. The SMILES string of the molecule is Cc1ccc(OCC(O)CO)c(N)n1. The van der Waals surface area contributed by atoms with Crippen molar-refractivity contribution in [3.05, 3.63) is 17.8 Å². The number of pyridine rings is 1. The summed E-state index contributed by atoms with van der Waals surface area (Å²) in [5, 5.41) is 17.6. The Morgan fingerprint density at radius 3 is 2.86 bits per heavy atom. The summed E-state index contributed by atoms with van der Waals surface area (Å²) in [5.41, 5.74) is 6.37. The second-order valence-corrected chi connectivity index (χ2v) is 2.98. The van der Waals surface area contributed by atoms with Gasteiger partial charge in [0, 0.05) is 5.69 Å². The van der Waals surface area contributed by atoms with Crippen molar-refractivity contribution in [2.75, 3.05) is 18.9 Å². The predicted octanol–water partition coefficient (Wildman–Crippen LogP) is -0.296. The zero-order chi connectivity index (χ0) is 10.6. The van der Waals surface area contributed by atoms with Crippen LogP contribution < -0.4 is 10.5 Å². The number of aromatic nitrogens is 1. The van der Waals surface area contributed by atoms with Gasteiger partial charge in [-0.15, -0.1) is 0 Å². The fourth-order valence-corrected chi connectivity index (χ4v) is 0.925. The van der Waals surface area contributed by atoms with E-state index in [1.807, 2.05) is 6.92 Å². The van der Waals surface area contributed by atoms with Crippen molar-refractivity contribution < 1.29 is 14.9 Å². The summed E-state index contributed by atoms with van der Waals surface area (Å²) in [5.74, 6) is 0.707. The van der Waals surface area contributed by atoms with Gasteiger partial charge in [0.15, 0.2) is 11.6 Å². The number of ether oxygens (including phenoxy) is 1. The summed E-state index contributed by atoms with van der Waals surface area (Å²) in [6, 6.07) is 3.44. The van der Waals surface area contributed by atoms with Gasteiger partial charge in [0.2, 0.25) is 0 Å². The molecule has 1 rings (SSSR count). The van der Waals surface area contributed by atoms with Crippen LogP contribution in [0.5, 0.6) is 5.75 Å². The molecule has 78 valence electrons. The van der Waals surface area contributed by atoms with Crippen molar-refractivity contribution in [2.45, 2.75) is 13.0 Å². The highest BCUT2D eigenvalue weighted by Gasteiger charge is 2.06. The molecule has 5 nitrogen and oxygen atoms in total. The number of nitrogens with zero attached hydrogens (tertiary/aromatic N) is 1. The summed E-state index contributed by atoms with van der Waals surface area (Å²) in [7, 11) is 0. The fourth-order valence-electron chi connectivity index (χ4n) is 0.925. The lowest BCUT2D eigenvalue weighted by Gasteiger charge is -2.11. The van der Waals surface area contributed by atoms with Crippen LogP contribution in [0.1, 0.15) is 5.69 Å². The standard InChI is InChI=1S/C9H14N2O3/c1-6-2-3-8(9(10)11-6)14-5-7(13)4-12/h2-3,7,12-13H,4-5H2,1H3,(H2,10,11). The van der Waals surface area contributed by atoms with Gasteiger partial charge in [-0.1, -0.05) is 0 Å². The van der Waals surface area contributed by atoms with Gasteiger partial charge in [0.1, 0.15) is 12.7 Å². The topological polar surface area (TPSA) is 88.6 Å². The van der Waals surface area contributed by atoms with Gasteiger partial charge in [-0.2, -0.15) is 0 Å². The molecule has 0 aliphatic rings. The van der Waals surface area contributed by atoms with Crippen LogP contribution in [0.3, 0.4) is 0 Å². The van der Waals surface area contributed by atoms with Gasteiger partial charge in [0.25, 0.3) is 0 Å². The first-order chi connectivity index (χ1) is 6.63. The molecule has 0 saturated heterocycles. The number of hydrogen-bond acceptors (Lipinski definition) is 5. The van der Waals surface area contributed by atoms with E-state index >= 15 is 0 Å². The van der Waals surface area contributed by atoms with Crippen LogP contribution in [0.2, 0.25) is 0 Å². The third kappa shape index (κ3) is 2.86. The second-order valence-electron chi connectivity index (χ2n) is 2.98. The Morgan fingerprint density at radius 2 is 2.29 bits per heavy atom. The van der Waals surface area contributed by atoms with E-state index in [0.717, 1.165) is 5.69 Å². The number of aliphatic hydroxyl groups is 2. The van der Waals surface area contributed by atoms with E-state index in [1.54, 1.807) is 12.1 Å². The van der Waals surface area contributed by atoms with Crippen molar-refractivity contribution in [1.82, 2.24) is 4.98 Å². The lowest BCUT2D eigenvalue weighted by molar-refractivity contribution is 0.0537. The van der Waals surface area contributed by atoms with Crippen LogP contribution in [-0.4, -0.2) is 34.5 Å². The Labute approximate surface area is 82.2 Å². The van der Waals surface area contributed by atoms with Crippen molar-refractivity contribution >= 4 is 5.82 Å². The average molecular weight is 198 g/mol. The second kappa shape index (κ2) is 4.78. The van der Waals surface area contributed by atoms with Gasteiger partial charge in [0.05, 0.1) is 6.61 Å². The normalized spacial score (nSPS) is 12.5.